The lowest BCUT2D eigenvalue weighted by molar-refractivity contribution is 0.630. The Kier molecular flexibility index (Phi) is 9.05. The highest BCUT2D eigenvalue weighted by Crippen LogP contribution is 2.47. The van der Waals surface area contributed by atoms with E-state index in [2.05, 4.69) is 157 Å². The summed E-state index contributed by atoms with van der Waals surface area (Å²) in [6.07, 6.45) is 0. The van der Waals surface area contributed by atoms with E-state index in [0.29, 0.717) is 5.69 Å². The van der Waals surface area contributed by atoms with E-state index in [1.807, 2.05) is 72.8 Å². The third-order valence-electron chi connectivity index (χ3n) is 11.7. The molecule has 0 unspecified atom stereocenters. The van der Waals surface area contributed by atoms with Crippen LogP contribution < -0.4 is 4.90 Å². The molecule has 3 heteroatoms. The van der Waals surface area contributed by atoms with Crippen molar-refractivity contribution >= 4 is 49.8 Å². The average molecular weight is 784 g/mol. The molecule has 0 radical (unpaired) electrons. The monoisotopic (exact) mass is 783 g/mol. The number of halogens is 1. The minimum atomic E-state index is -0.305. The van der Waals surface area contributed by atoms with Gasteiger partial charge in [0.1, 0.15) is 17.0 Å². The first kappa shape index (κ1) is 36.1. The van der Waals surface area contributed by atoms with E-state index in [1.165, 1.54) is 0 Å². The Morgan fingerprint density at radius 2 is 0.820 bits per heavy atom. The Hall–Kier alpha value is -8.01. The highest BCUT2D eigenvalue weighted by molar-refractivity contribution is 6.13. The number of furan rings is 1. The standard InChI is InChI=1S/C58H38FNO/c59-54-38-46(39-16-4-1-5-17-39)37-53(43-20-8-3-9-21-43)56(54)60(55-31-13-23-41-22-10-11-26-48(41)55)47-34-32-40(33-35-47)44-24-12-25-45(36-44)50-28-15-30-52-51-29-14-27-49(57(51)61-58(50)52)42-18-6-2-7-19-42/h1-38H. The topological polar surface area (TPSA) is 16.4 Å². The van der Waals surface area contributed by atoms with Crippen LogP contribution in [0.5, 0.6) is 0 Å². The summed E-state index contributed by atoms with van der Waals surface area (Å²) in [5, 5.41) is 4.30. The smallest absolute Gasteiger partial charge is 0.148 e. The van der Waals surface area contributed by atoms with Crippen LogP contribution in [0.3, 0.4) is 0 Å². The maximum Gasteiger partial charge on any atom is 0.148 e. The SMILES string of the molecule is Fc1cc(-c2ccccc2)cc(-c2ccccc2)c1N(c1ccc(-c2cccc(-c3cccc4c3oc3c(-c5ccccc5)cccc34)c2)cc1)c1cccc2ccccc12. The Bertz CT molecular complexity index is 3350. The van der Waals surface area contributed by atoms with Crippen LogP contribution in [0.1, 0.15) is 0 Å². The zero-order valence-electron chi connectivity index (χ0n) is 33.2. The summed E-state index contributed by atoms with van der Waals surface area (Å²) in [7, 11) is 0. The van der Waals surface area contributed by atoms with E-state index in [1.54, 1.807) is 6.07 Å². The maximum absolute atomic E-state index is 17.3. The summed E-state index contributed by atoms with van der Waals surface area (Å²) < 4.78 is 24.1. The first-order valence-electron chi connectivity index (χ1n) is 20.6. The number of nitrogens with zero attached hydrogens (tertiary/aromatic N) is 1. The Morgan fingerprint density at radius 1 is 0.328 bits per heavy atom. The van der Waals surface area contributed by atoms with Crippen LogP contribution in [0.25, 0.3) is 88.3 Å². The normalized spacial score (nSPS) is 11.4. The van der Waals surface area contributed by atoms with E-state index < -0.39 is 0 Å². The van der Waals surface area contributed by atoms with Crippen molar-refractivity contribution in [3.63, 3.8) is 0 Å². The molecule has 0 spiro atoms. The van der Waals surface area contributed by atoms with Gasteiger partial charge >= 0.3 is 0 Å². The fourth-order valence-corrected chi connectivity index (χ4v) is 8.82. The van der Waals surface area contributed by atoms with Crippen LogP contribution in [0.4, 0.5) is 21.5 Å². The lowest BCUT2D eigenvalue weighted by Crippen LogP contribution is -2.14. The average Bonchev–Trinajstić information content (AvgIpc) is 3.72. The Balaban J connectivity index is 1.04. The van der Waals surface area contributed by atoms with Gasteiger partial charge in [-0.2, -0.15) is 0 Å². The summed E-state index contributed by atoms with van der Waals surface area (Å²) in [6, 6.07) is 78.7. The molecule has 1 aromatic heterocycles. The van der Waals surface area contributed by atoms with Gasteiger partial charge in [0.15, 0.2) is 0 Å². The third kappa shape index (κ3) is 6.54. The fraction of sp³-hybridized carbons (Fsp3) is 0. The van der Waals surface area contributed by atoms with Crippen molar-refractivity contribution in [3.8, 4) is 55.6 Å². The predicted molar refractivity (Wildman–Crippen MR) is 253 cm³/mol. The summed E-state index contributed by atoms with van der Waals surface area (Å²) >= 11 is 0. The molecule has 0 fully saturated rings. The van der Waals surface area contributed by atoms with Gasteiger partial charge in [-0.15, -0.1) is 0 Å². The molecule has 10 aromatic carbocycles. The second-order valence-corrected chi connectivity index (χ2v) is 15.4. The second kappa shape index (κ2) is 15.3. The molecule has 0 saturated carbocycles. The minimum absolute atomic E-state index is 0.305. The van der Waals surface area contributed by atoms with Gasteiger partial charge in [0.25, 0.3) is 0 Å². The lowest BCUT2D eigenvalue weighted by atomic mass is 9.95. The van der Waals surface area contributed by atoms with Gasteiger partial charge in [-0.25, -0.2) is 4.39 Å². The van der Waals surface area contributed by atoms with Crippen molar-refractivity contribution in [2.24, 2.45) is 0 Å². The van der Waals surface area contributed by atoms with Crippen molar-refractivity contribution in [3.05, 3.63) is 236 Å². The van der Waals surface area contributed by atoms with Crippen LogP contribution in [-0.2, 0) is 0 Å². The molecule has 0 amide bonds. The fourth-order valence-electron chi connectivity index (χ4n) is 8.82. The number of fused-ring (bicyclic) bond motifs is 4. The molecular formula is C58H38FNO. The molecule has 11 rings (SSSR count). The largest absolute Gasteiger partial charge is 0.455 e. The van der Waals surface area contributed by atoms with Gasteiger partial charge in [-0.3, -0.25) is 0 Å². The number of benzene rings is 10. The highest BCUT2D eigenvalue weighted by atomic mass is 19.1. The summed E-state index contributed by atoms with van der Waals surface area (Å²) in [5.74, 6) is -0.305. The predicted octanol–water partition coefficient (Wildman–Crippen LogP) is 16.7. The quantitative estimate of drug-likeness (QED) is 0.153. The highest BCUT2D eigenvalue weighted by Gasteiger charge is 2.24. The molecule has 61 heavy (non-hydrogen) atoms. The molecular weight excluding hydrogens is 746 g/mol. The van der Waals surface area contributed by atoms with E-state index in [4.69, 9.17) is 4.42 Å². The molecule has 0 bridgehead atoms. The lowest BCUT2D eigenvalue weighted by Gasteiger charge is -2.30. The summed E-state index contributed by atoms with van der Waals surface area (Å²) in [5.41, 5.74) is 13.9. The van der Waals surface area contributed by atoms with Crippen LogP contribution in [0, 0.1) is 5.82 Å². The van der Waals surface area contributed by atoms with Crippen LogP contribution in [0.15, 0.2) is 235 Å². The van der Waals surface area contributed by atoms with Gasteiger partial charge in [-0.05, 0) is 80.7 Å². The third-order valence-corrected chi connectivity index (χ3v) is 11.7. The second-order valence-electron chi connectivity index (χ2n) is 15.4. The number of para-hydroxylation sites is 2. The molecule has 0 atom stereocenters. The Labute approximate surface area is 354 Å². The van der Waals surface area contributed by atoms with Gasteiger partial charge in [0.2, 0.25) is 0 Å². The number of anilines is 3. The molecule has 2 nitrogen and oxygen atoms in total. The van der Waals surface area contributed by atoms with E-state index >= 15 is 4.39 Å². The molecule has 0 aliphatic heterocycles. The van der Waals surface area contributed by atoms with Gasteiger partial charge in [-0.1, -0.05) is 194 Å². The van der Waals surface area contributed by atoms with Gasteiger partial charge < -0.3 is 9.32 Å². The molecule has 0 N–H and O–H groups in total. The van der Waals surface area contributed by atoms with Crippen molar-refractivity contribution < 1.29 is 8.81 Å². The maximum atomic E-state index is 17.3. The van der Waals surface area contributed by atoms with Crippen LogP contribution in [0.2, 0.25) is 0 Å². The van der Waals surface area contributed by atoms with Gasteiger partial charge in [0, 0.05) is 38.5 Å². The molecule has 0 aliphatic carbocycles. The van der Waals surface area contributed by atoms with E-state index in [-0.39, 0.29) is 5.82 Å². The first-order valence-corrected chi connectivity index (χ1v) is 20.6. The van der Waals surface area contributed by atoms with Crippen molar-refractivity contribution in [1.82, 2.24) is 0 Å². The summed E-state index contributed by atoms with van der Waals surface area (Å²) in [6.45, 7) is 0. The molecule has 0 aliphatic rings. The van der Waals surface area contributed by atoms with Crippen molar-refractivity contribution in [1.29, 1.82) is 0 Å². The molecule has 11 aromatic rings. The number of hydrogen-bond acceptors (Lipinski definition) is 2. The molecule has 0 saturated heterocycles. The van der Waals surface area contributed by atoms with Crippen molar-refractivity contribution in [2.75, 3.05) is 4.90 Å². The molecule has 288 valence electrons. The zero-order valence-corrected chi connectivity index (χ0v) is 33.2. The van der Waals surface area contributed by atoms with E-state index in [9.17, 15) is 0 Å². The number of hydrogen-bond donors (Lipinski definition) is 0. The van der Waals surface area contributed by atoms with Crippen LogP contribution in [-0.4, -0.2) is 0 Å². The number of rotatable bonds is 8. The van der Waals surface area contributed by atoms with Crippen LogP contribution >= 0.6 is 0 Å². The van der Waals surface area contributed by atoms with Gasteiger partial charge in [0.05, 0.1) is 11.4 Å². The van der Waals surface area contributed by atoms with Crippen molar-refractivity contribution in [2.45, 2.75) is 0 Å². The first-order chi connectivity index (χ1) is 30.2. The van der Waals surface area contributed by atoms with E-state index in [0.717, 1.165) is 99.7 Å². The Morgan fingerprint density at radius 3 is 1.51 bits per heavy atom. The summed E-state index contributed by atoms with van der Waals surface area (Å²) in [4.78, 5) is 2.08. The minimum Gasteiger partial charge on any atom is -0.455 e. The zero-order chi connectivity index (χ0) is 40.7. The molecule has 1 heterocycles.